The fraction of sp³-hybridized carbons (Fsp3) is 0.152. The molecule has 2 aromatic heterocycles. The van der Waals surface area contributed by atoms with E-state index in [0.29, 0.717) is 17.0 Å². The fourth-order valence-corrected chi connectivity index (χ4v) is 4.76. The van der Waals surface area contributed by atoms with E-state index in [9.17, 15) is 5.11 Å². The number of aromatic hydroxyl groups is 1. The summed E-state index contributed by atoms with van der Waals surface area (Å²) in [7, 11) is 0. The van der Waals surface area contributed by atoms with Crippen molar-refractivity contribution in [2.75, 3.05) is 0 Å². The molecule has 0 spiro atoms. The first-order valence-corrected chi connectivity index (χ1v) is 12.4. The number of hydrogen-bond acceptors (Lipinski definition) is 4. The van der Waals surface area contributed by atoms with Crippen molar-refractivity contribution < 1.29 is 30.6 Å². The zero-order valence-electron chi connectivity index (χ0n) is 21.6. The van der Waals surface area contributed by atoms with Crippen molar-refractivity contribution in [1.29, 1.82) is 0 Å². The normalized spacial score (nSPS) is 11.6. The number of aryl methyl sites for hydroxylation is 1. The summed E-state index contributed by atoms with van der Waals surface area (Å²) in [5.74, 6) is 0.696. The molecule has 0 fully saturated rings. The molecule has 0 atom stereocenters. The van der Waals surface area contributed by atoms with E-state index >= 15 is 0 Å². The second kappa shape index (κ2) is 9.85. The molecular formula is C33H27N2O2Pt-. The summed E-state index contributed by atoms with van der Waals surface area (Å²) < 4.78 is 6.19. The average Bonchev–Trinajstić information content (AvgIpc) is 3.33. The Hall–Kier alpha value is -3.75. The minimum atomic E-state index is -0.0114. The predicted octanol–water partition coefficient (Wildman–Crippen LogP) is 8.49. The summed E-state index contributed by atoms with van der Waals surface area (Å²) in [6.07, 6.45) is 1.86. The van der Waals surface area contributed by atoms with Gasteiger partial charge >= 0.3 is 0 Å². The maximum atomic E-state index is 10.4. The Morgan fingerprint density at radius 1 is 0.789 bits per heavy atom. The van der Waals surface area contributed by atoms with Gasteiger partial charge in [-0.05, 0) is 47.1 Å². The van der Waals surface area contributed by atoms with Gasteiger partial charge in [0.05, 0.1) is 0 Å². The molecule has 0 bridgehead atoms. The average molecular weight is 679 g/mol. The van der Waals surface area contributed by atoms with Crippen LogP contribution in [-0.4, -0.2) is 15.1 Å². The summed E-state index contributed by atoms with van der Waals surface area (Å²) in [5.41, 5.74) is 9.05. The van der Waals surface area contributed by atoms with Crippen molar-refractivity contribution in [3.05, 3.63) is 102 Å². The van der Waals surface area contributed by atoms with Crippen LogP contribution in [0.3, 0.4) is 0 Å². The van der Waals surface area contributed by atoms with Crippen molar-refractivity contribution in [3.8, 4) is 39.5 Å². The molecule has 1 N–H and O–H groups in total. The van der Waals surface area contributed by atoms with Crippen LogP contribution < -0.4 is 0 Å². The van der Waals surface area contributed by atoms with Crippen LogP contribution in [0.5, 0.6) is 5.75 Å². The van der Waals surface area contributed by atoms with Crippen molar-refractivity contribution in [2.24, 2.45) is 0 Å². The van der Waals surface area contributed by atoms with Gasteiger partial charge in [-0.15, -0.1) is 29.8 Å². The molecule has 0 saturated carbocycles. The molecule has 6 aromatic rings. The summed E-state index contributed by atoms with van der Waals surface area (Å²) in [6, 6.07) is 29.1. The number of nitrogens with zero attached hydrogens (tertiary/aromatic N) is 2. The second-order valence-electron chi connectivity index (χ2n) is 10.5. The Labute approximate surface area is 236 Å². The second-order valence-corrected chi connectivity index (χ2v) is 10.5. The Bertz CT molecular complexity index is 1800. The van der Waals surface area contributed by atoms with E-state index in [4.69, 9.17) is 14.4 Å². The van der Waals surface area contributed by atoms with Gasteiger partial charge in [-0.3, -0.25) is 4.98 Å². The van der Waals surface area contributed by atoms with Crippen molar-refractivity contribution in [2.45, 2.75) is 33.1 Å². The molecule has 0 radical (unpaired) electrons. The number of phenols is 1. The van der Waals surface area contributed by atoms with Crippen LogP contribution in [0.4, 0.5) is 0 Å². The number of para-hydroxylation sites is 2. The van der Waals surface area contributed by atoms with Crippen molar-refractivity contribution >= 4 is 22.0 Å². The van der Waals surface area contributed by atoms with Crippen molar-refractivity contribution in [1.82, 2.24) is 9.97 Å². The van der Waals surface area contributed by atoms with Gasteiger partial charge in [-0.1, -0.05) is 74.4 Å². The van der Waals surface area contributed by atoms with E-state index in [2.05, 4.69) is 58.0 Å². The van der Waals surface area contributed by atoms with E-state index in [0.717, 1.165) is 38.7 Å². The molecule has 6 rings (SSSR count). The third-order valence-electron chi connectivity index (χ3n) is 6.86. The zero-order valence-corrected chi connectivity index (χ0v) is 23.9. The SMILES string of the molecule is Cc1ccnc2c(-c3[c-]c(-c4nc5c(-c6ccccc6O)cccc5o4)ccc3)cc(C(C)(C)C)cc12.[Pt]. The minimum Gasteiger partial charge on any atom is -0.507 e. The molecular weight excluding hydrogens is 651 g/mol. The number of hydrogen-bond donors (Lipinski definition) is 1. The maximum Gasteiger partial charge on any atom is 0.159 e. The van der Waals surface area contributed by atoms with E-state index < -0.39 is 0 Å². The Morgan fingerprint density at radius 3 is 2.32 bits per heavy atom. The van der Waals surface area contributed by atoms with Crippen LogP contribution in [-0.2, 0) is 26.5 Å². The molecule has 4 aromatic carbocycles. The number of pyridine rings is 1. The molecule has 192 valence electrons. The summed E-state index contributed by atoms with van der Waals surface area (Å²) in [6.45, 7) is 8.81. The Kier molecular flexibility index (Phi) is 6.71. The molecule has 0 aliphatic heterocycles. The summed E-state index contributed by atoms with van der Waals surface area (Å²) >= 11 is 0. The van der Waals surface area contributed by atoms with Gasteiger partial charge in [0.25, 0.3) is 0 Å². The molecule has 0 saturated heterocycles. The summed E-state index contributed by atoms with van der Waals surface area (Å²) in [5, 5.41) is 11.6. The standard InChI is InChI=1S/C33H27N2O2.Pt/c1-20-15-16-34-30-26(20)18-23(33(2,3)4)19-27(30)21-9-7-10-22(17-21)32-35-31-25(12-8-14-29(31)37-32)24-11-5-6-13-28(24)36;/h5-16,18-19,36H,1-4H3;/q-1;. The van der Waals surface area contributed by atoms with Gasteiger partial charge in [0, 0.05) is 43.9 Å². The third-order valence-corrected chi connectivity index (χ3v) is 6.86. The quantitative estimate of drug-likeness (QED) is 0.191. The van der Waals surface area contributed by atoms with Crippen LogP contribution in [0.15, 0.2) is 89.5 Å². The van der Waals surface area contributed by atoms with E-state index in [1.807, 2.05) is 54.7 Å². The van der Waals surface area contributed by atoms with Gasteiger partial charge in [-0.25, -0.2) is 4.98 Å². The number of oxazole rings is 1. The van der Waals surface area contributed by atoms with Crippen LogP contribution in [0.1, 0.15) is 31.9 Å². The first-order valence-electron chi connectivity index (χ1n) is 12.4. The first kappa shape index (κ1) is 25.9. The van der Waals surface area contributed by atoms with Gasteiger partial charge < -0.3 is 9.52 Å². The molecule has 38 heavy (non-hydrogen) atoms. The van der Waals surface area contributed by atoms with Gasteiger partial charge in [0.2, 0.25) is 0 Å². The number of benzene rings is 4. The number of rotatable bonds is 3. The van der Waals surface area contributed by atoms with Crippen LogP contribution in [0.25, 0.3) is 55.7 Å². The smallest absolute Gasteiger partial charge is 0.159 e. The molecule has 5 heteroatoms. The number of aromatic nitrogens is 2. The van der Waals surface area contributed by atoms with Crippen LogP contribution in [0, 0.1) is 13.0 Å². The monoisotopic (exact) mass is 678 g/mol. The number of fused-ring (bicyclic) bond motifs is 2. The van der Waals surface area contributed by atoms with E-state index in [-0.39, 0.29) is 32.2 Å². The topological polar surface area (TPSA) is 59.2 Å². The number of phenolic OH excluding ortho intramolecular Hbond substituents is 1. The molecule has 2 heterocycles. The fourth-order valence-electron chi connectivity index (χ4n) is 4.76. The van der Waals surface area contributed by atoms with Gasteiger partial charge in [-0.2, -0.15) is 0 Å². The van der Waals surface area contributed by atoms with Crippen LogP contribution >= 0.6 is 0 Å². The molecule has 0 amide bonds. The van der Waals surface area contributed by atoms with Gasteiger partial charge in [0.15, 0.2) is 5.89 Å². The van der Waals surface area contributed by atoms with E-state index in [1.165, 1.54) is 11.1 Å². The van der Waals surface area contributed by atoms with E-state index in [1.54, 1.807) is 6.07 Å². The molecule has 0 aliphatic rings. The zero-order chi connectivity index (χ0) is 25.7. The summed E-state index contributed by atoms with van der Waals surface area (Å²) in [4.78, 5) is 9.59. The molecule has 0 unspecified atom stereocenters. The predicted molar refractivity (Wildman–Crippen MR) is 150 cm³/mol. The third kappa shape index (κ3) is 4.54. The molecule has 0 aliphatic carbocycles. The Morgan fingerprint density at radius 2 is 1.53 bits per heavy atom. The Balaban J connectivity index is 0.00000294. The van der Waals surface area contributed by atoms with Crippen LogP contribution in [0.2, 0.25) is 0 Å². The molecule has 4 nitrogen and oxygen atoms in total. The largest absolute Gasteiger partial charge is 0.507 e. The maximum absolute atomic E-state index is 10.4. The first-order chi connectivity index (χ1) is 17.8. The minimum absolute atomic E-state index is 0. The van der Waals surface area contributed by atoms with Gasteiger partial charge in [0.1, 0.15) is 16.8 Å². The van der Waals surface area contributed by atoms with Crippen molar-refractivity contribution in [3.63, 3.8) is 0 Å².